The van der Waals surface area contributed by atoms with Gasteiger partial charge in [-0.3, -0.25) is 14.5 Å². The first-order valence-electron chi connectivity index (χ1n) is 9.31. The number of hydrogen-bond donors (Lipinski definition) is 3. The van der Waals surface area contributed by atoms with Gasteiger partial charge < -0.3 is 14.9 Å². The van der Waals surface area contributed by atoms with E-state index < -0.39 is 29.2 Å². The number of aliphatic carboxylic acids is 1. The first kappa shape index (κ1) is 21.3. The fourth-order valence-corrected chi connectivity index (χ4v) is 5.69. The molecule has 2 amide bonds. The molecule has 0 aromatic carbocycles. The Labute approximate surface area is 183 Å². The molecule has 3 N–H and O–H groups in total. The Morgan fingerprint density at radius 3 is 2.94 bits per heavy atom. The second-order valence-electron chi connectivity index (χ2n) is 6.74. The molecule has 31 heavy (non-hydrogen) atoms. The van der Waals surface area contributed by atoms with Gasteiger partial charge in [-0.2, -0.15) is 4.98 Å². The van der Waals surface area contributed by atoms with Crippen LogP contribution in [0.25, 0.3) is 0 Å². The fourth-order valence-electron chi connectivity index (χ4n) is 3.26. The molecule has 4 heterocycles. The molecule has 0 aliphatic carbocycles. The molecule has 0 saturated carbocycles. The molecule has 3 atom stereocenters. The maximum atomic E-state index is 12.7. The highest BCUT2D eigenvalue weighted by Crippen LogP contribution is 2.43. The molecule has 2 aromatic heterocycles. The van der Waals surface area contributed by atoms with E-state index in [-0.39, 0.29) is 23.3 Å². The monoisotopic (exact) mass is 466 g/mol. The van der Waals surface area contributed by atoms with Gasteiger partial charge in [-0.15, -0.1) is 16.9 Å². The summed E-state index contributed by atoms with van der Waals surface area (Å²) in [5.41, 5.74) is 0.530. The normalized spacial score (nSPS) is 21.5. The average Bonchev–Trinajstić information content (AvgIpc) is 3.42. The predicted octanol–water partition coefficient (Wildman–Crippen LogP) is -0.393. The number of nitrogens with zero attached hydrogens (tertiary/aromatic N) is 6. The Bertz CT molecular complexity index is 1040. The third-order valence-corrected chi connectivity index (χ3v) is 7.10. The molecule has 2 aliphatic heterocycles. The van der Waals surface area contributed by atoms with E-state index in [2.05, 4.69) is 36.1 Å². The zero-order valence-corrected chi connectivity index (χ0v) is 18.1. The van der Waals surface area contributed by atoms with Gasteiger partial charge in [0, 0.05) is 17.4 Å². The van der Waals surface area contributed by atoms with Gasteiger partial charge in [0.25, 0.3) is 5.91 Å². The number of rotatable bonds is 8. The maximum Gasteiger partial charge on any atom is 0.352 e. The lowest BCUT2D eigenvalue weighted by Gasteiger charge is -2.50. The van der Waals surface area contributed by atoms with Gasteiger partial charge >= 0.3 is 5.97 Å². The Balaban J connectivity index is 1.45. The number of fused-ring (bicyclic) bond motifs is 1. The minimum absolute atomic E-state index is 0.0591. The average molecular weight is 467 g/mol. The number of H-pyrrole nitrogens is 1. The number of carboxylic acids is 1. The van der Waals surface area contributed by atoms with Crippen molar-refractivity contribution in [2.45, 2.75) is 48.5 Å². The number of thioether (sulfide) groups is 2. The molecule has 15 heteroatoms. The van der Waals surface area contributed by atoms with Gasteiger partial charge in [-0.25, -0.2) is 9.89 Å². The van der Waals surface area contributed by atoms with Crippen molar-refractivity contribution in [1.29, 1.82) is 0 Å². The lowest BCUT2D eigenvalue weighted by Crippen LogP contribution is -2.70. The number of nitrogens with one attached hydrogen (secondary N) is 2. The summed E-state index contributed by atoms with van der Waals surface area (Å²) < 4.78 is 5.00. The first-order chi connectivity index (χ1) is 14.9. The summed E-state index contributed by atoms with van der Waals surface area (Å²) >= 11 is 2.66. The van der Waals surface area contributed by atoms with E-state index >= 15 is 0 Å². The summed E-state index contributed by atoms with van der Waals surface area (Å²) in [5.74, 6) is -1.07. The van der Waals surface area contributed by atoms with Crippen LogP contribution >= 0.6 is 23.5 Å². The number of tetrazole rings is 1. The molecule has 164 valence electrons. The van der Waals surface area contributed by atoms with Crippen LogP contribution in [0.4, 0.5) is 0 Å². The van der Waals surface area contributed by atoms with Crippen LogP contribution in [-0.4, -0.2) is 81.0 Å². The SMILES string of the molecule is CCc1noc(CC(=O)NC2C(=O)N3C(C(=O)O)=C(C(C)Sc4nnn[nH]4)CS[C@@H]23)n1. The smallest absolute Gasteiger partial charge is 0.352 e. The molecule has 0 radical (unpaired) electrons. The Morgan fingerprint density at radius 1 is 1.48 bits per heavy atom. The molecule has 2 aliphatic rings. The van der Waals surface area contributed by atoms with Crippen LogP contribution in [0.2, 0.25) is 0 Å². The van der Waals surface area contributed by atoms with Crippen molar-refractivity contribution in [1.82, 2.24) is 41.0 Å². The molecule has 1 fully saturated rings. The van der Waals surface area contributed by atoms with Crippen LogP contribution in [0.5, 0.6) is 0 Å². The minimum atomic E-state index is -1.19. The van der Waals surface area contributed by atoms with Crippen molar-refractivity contribution in [3.05, 3.63) is 23.0 Å². The Morgan fingerprint density at radius 2 is 2.29 bits per heavy atom. The van der Waals surface area contributed by atoms with Crippen molar-refractivity contribution in [3.63, 3.8) is 0 Å². The minimum Gasteiger partial charge on any atom is -0.477 e. The number of aromatic nitrogens is 6. The molecule has 2 unspecified atom stereocenters. The van der Waals surface area contributed by atoms with Gasteiger partial charge in [-0.1, -0.05) is 23.8 Å². The molecule has 0 bridgehead atoms. The van der Waals surface area contributed by atoms with E-state index in [1.165, 1.54) is 28.4 Å². The van der Waals surface area contributed by atoms with E-state index in [0.29, 0.717) is 28.7 Å². The van der Waals surface area contributed by atoms with Gasteiger partial charge in [0.05, 0.1) is 0 Å². The van der Waals surface area contributed by atoms with Crippen molar-refractivity contribution in [2.24, 2.45) is 0 Å². The van der Waals surface area contributed by atoms with Crippen LogP contribution in [0.15, 0.2) is 20.9 Å². The number of aromatic amines is 1. The topological polar surface area (TPSA) is 180 Å². The zero-order chi connectivity index (χ0) is 22.1. The summed E-state index contributed by atoms with van der Waals surface area (Å²) in [6.45, 7) is 3.69. The lowest BCUT2D eigenvalue weighted by atomic mass is 10.0. The van der Waals surface area contributed by atoms with Gasteiger partial charge in [0.2, 0.25) is 17.0 Å². The zero-order valence-electron chi connectivity index (χ0n) is 16.4. The van der Waals surface area contributed by atoms with Crippen LogP contribution < -0.4 is 5.32 Å². The van der Waals surface area contributed by atoms with E-state index in [1.54, 1.807) is 0 Å². The summed E-state index contributed by atoms with van der Waals surface area (Å²) in [7, 11) is 0. The highest BCUT2D eigenvalue weighted by Gasteiger charge is 2.54. The van der Waals surface area contributed by atoms with Gasteiger partial charge in [0.15, 0.2) is 5.82 Å². The van der Waals surface area contributed by atoms with Crippen molar-refractivity contribution in [3.8, 4) is 0 Å². The van der Waals surface area contributed by atoms with E-state index in [4.69, 9.17) is 4.52 Å². The van der Waals surface area contributed by atoms with E-state index in [1.807, 2.05) is 13.8 Å². The largest absolute Gasteiger partial charge is 0.477 e. The van der Waals surface area contributed by atoms with Crippen molar-refractivity contribution in [2.75, 3.05) is 5.75 Å². The van der Waals surface area contributed by atoms with Crippen molar-refractivity contribution < 1.29 is 24.0 Å². The molecular weight excluding hydrogens is 448 g/mol. The molecule has 1 saturated heterocycles. The van der Waals surface area contributed by atoms with E-state index in [0.717, 1.165) is 0 Å². The Hall–Kier alpha value is -2.94. The van der Waals surface area contributed by atoms with Crippen molar-refractivity contribution >= 4 is 41.3 Å². The van der Waals surface area contributed by atoms with Crippen LogP contribution in [0.1, 0.15) is 25.6 Å². The summed E-state index contributed by atoms with van der Waals surface area (Å²) in [4.78, 5) is 42.3. The number of β-lactam (4-membered cyclic amide) rings is 1. The number of hydrogen-bond acceptors (Lipinski definition) is 11. The van der Waals surface area contributed by atoms with Gasteiger partial charge in [0.1, 0.15) is 23.5 Å². The second-order valence-corrected chi connectivity index (χ2v) is 9.17. The quantitative estimate of drug-likeness (QED) is 0.339. The molecule has 13 nitrogen and oxygen atoms in total. The van der Waals surface area contributed by atoms with E-state index in [9.17, 15) is 19.5 Å². The molecule has 0 spiro atoms. The highest BCUT2D eigenvalue weighted by atomic mass is 32.2. The fraction of sp³-hybridized carbons (Fsp3) is 0.500. The summed E-state index contributed by atoms with van der Waals surface area (Å²) in [5, 5.41) is 29.2. The van der Waals surface area contributed by atoms with Crippen LogP contribution in [0.3, 0.4) is 0 Å². The summed E-state index contributed by atoms with van der Waals surface area (Å²) in [6, 6.07) is -0.816. The number of carbonyl (C=O) groups excluding carboxylic acids is 2. The maximum absolute atomic E-state index is 12.7. The molecular formula is C16H18N8O5S2. The highest BCUT2D eigenvalue weighted by molar-refractivity contribution is 8.01. The van der Waals surface area contributed by atoms with Crippen LogP contribution in [0, 0.1) is 0 Å². The van der Waals surface area contributed by atoms with Gasteiger partial charge in [-0.05, 0) is 22.9 Å². The molecule has 2 aromatic rings. The molecule has 4 rings (SSSR count). The van der Waals surface area contributed by atoms with Crippen LogP contribution in [-0.2, 0) is 27.2 Å². The predicted molar refractivity (Wildman–Crippen MR) is 107 cm³/mol. The lowest BCUT2D eigenvalue weighted by molar-refractivity contribution is -0.150. The number of amides is 2. The standard InChI is InChI=1S/C16H18N8O5S2/c1-3-8-17-10(29-21-8)4-9(25)18-11-13(26)24-12(15(27)28)7(5-30-14(11)24)6(2)31-16-19-22-23-20-16/h6,11,14H,3-5H2,1-2H3,(H,18,25)(H,27,28)(H,19,20,22,23)/t6?,11?,14-/m0/s1. The summed E-state index contributed by atoms with van der Waals surface area (Å²) in [6.07, 6.45) is 0.427. The number of carboxylic acid groups (broad SMARTS) is 1. The number of carbonyl (C=O) groups is 3. The second kappa shape index (κ2) is 8.66. The Kier molecular flexibility index (Phi) is 5.95. The third-order valence-electron chi connectivity index (χ3n) is 4.76. The number of aryl methyl sites for hydroxylation is 1. The third kappa shape index (κ3) is 4.14. The first-order valence-corrected chi connectivity index (χ1v) is 11.2.